The Labute approximate surface area is 81.7 Å². The van der Waals surface area contributed by atoms with Gasteiger partial charge in [-0.15, -0.1) is 0 Å². The maximum atomic E-state index is 11.2. The third-order valence-corrected chi connectivity index (χ3v) is 3.00. The monoisotopic (exact) mass is 216 g/mol. The lowest BCUT2D eigenvalue weighted by Crippen LogP contribution is -2.30. The fourth-order valence-electron chi connectivity index (χ4n) is 0.943. The van der Waals surface area contributed by atoms with Gasteiger partial charge in [-0.2, -0.15) is 0 Å². The Kier molecular flexibility index (Phi) is 3.27. The van der Waals surface area contributed by atoms with E-state index in [0.717, 1.165) is 6.07 Å². The lowest BCUT2D eigenvalue weighted by Gasteiger charge is -2.03. The number of aliphatic hydroxyl groups is 1. The smallest absolute Gasteiger partial charge is 0.423 e. The molecule has 0 aliphatic rings. The number of rotatable bonds is 3. The number of sulfone groups is 1. The second-order valence-electron chi connectivity index (χ2n) is 2.69. The van der Waals surface area contributed by atoms with E-state index in [1.165, 1.54) is 18.2 Å². The molecule has 0 unspecified atom stereocenters. The van der Waals surface area contributed by atoms with Gasteiger partial charge in [0.25, 0.3) is 0 Å². The standard InChI is InChI=1S/C7H9BO5S/c9-5-14(12,13)7-3-1-2-6(4-7)8(10)11/h1-4,9-11H,5H2. The summed E-state index contributed by atoms with van der Waals surface area (Å²) in [6.45, 7) is 0. The Bertz CT molecular complexity index is 414. The highest BCUT2D eigenvalue weighted by molar-refractivity contribution is 7.91. The zero-order valence-electron chi connectivity index (χ0n) is 7.16. The van der Waals surface area contributed by atoms with E-state index in [1.54, 1.807) is 0 Å². The topological polar surface area (TPSA) is 94.8 Å². The van der Waals surface area contributed by atoms with Crippen LogP contribution in [0.5, 0.6) is 0 Å². The van der Waals surface area contributed by atoms with Crippen molar-refractivity contribution < 1.29 is 23.6 Å². The van der Waals surface area contributed by atoms with Crippen molar-refractivity contribution >= 4 is 22.4 Å². The van der Waals surface area contributed by atoms with Crippen molar-refractivity contribution in [2.45, 2.75) is 4.90 Å². The molecule has 7 heteroatoms. The Morgan fingerprint density at radius 2 is 1.93 bits per heavy atom. The maximum absolute atomic E-state index is 11.2. The van der Waals surface area contributed by atoms with Gasteiger partial charge < -0.3 is 15.2 Å². The summed E-state index contributed by atoms with van der Waals surface area (Å²) in [6.07, 6.45) is 0. The molecule has 0 atom stereocenters. The largest absolute Gasteiger partial charge is 0.488 e. The summed E-state index contributed by atoms with van der Waals surface area (Å²) in [4.78, 5) is -0.134. The molecule has 0 radical (unpaired) electrons. The van der Waals surface area contributed by atoms with E-state index < -0.39 is 22.9 Å². The number of hydrogen-bond donors (Lipinski definition) is 3. The Hall–Kier alpha value is -0.885. The molecule has 3 N–H and O–H groups in total. The molecule has 0 spiro atoms. The lowest BCUT2D eigenvalue weighted by molar-refractivity contribution is 0.358. The van der Waals surface area contributed by atoms with Crippen molar-refractivity contribution in [3.05, 3.63) is 24.3 Å². The van der Waals surface area contributed by atoms with Crippen LogP contribution >= 0.6 is 0 Å². The zero-order valence-corrected chi connectivity index (χ0v) is 7.98. The molecule has 0 aromatic heterocycles. The second-order valence-corrected chi connectivity index (χ2v) is 4.65. The first-order chi connectivity index (χ1) is 6.47. The van der Waals surface area contributed by atoms with Crippen molar-refractivity contribution in [2.24, 2.45) is 0 Å². The third-order valence-electron chi connectivity index (χ3n) is 1.69. The first-order valence-electron chi connectivity index (χ1n) is 3.77. The van der Waals surface area contributed by atoms with Crippen molar-refractivity contribution in [3.63, 3.8) is 0 Å². The van der Waals surface area contributed by atoms with Gasteiger partial charge >= 0.3 is 7.12 Å². The van der Waals surface area contributed by atoms with Crippen molar-refractivity contribution in [3.8, 4) is 0 Å². The van der Waals surface area contributed by atoms with Crippen LogP contribution in [-0.2, 0) is 9.84 Å². The minimum Gasteiger partial charge on any atom is -0.423 e. The number of aliphatic hydroxyl groups excluding tert-OH is 1. The van der Waals surface area contributed by atoms with Crippen LogP contribution < -0.4 is 5.46 Å². The summed E-state index contributed by atoms with van der Waals surface area (Å²) >= 11 is 0. The molecule has 0 fully saturated rings. The molecule has 0 saturated heterocycles. The average molecular weight is 216 g/mol. The SMILES string of the molecule is O=S(=O)(CO)c1cccc(B(O)O)c1. The van der Waals surface area contributed by atoms with Crippen molar-refractivity contribution in [2.75, 3.05) is 5.94 Å². The molecular weight excluding hydrogens is 207 g/mol. The van der Waals surface area contributed by atoms with Crippen LogP contribution in [0.4, 0.5) is 0 Å². The highest BCUT2D eigenvalue weighted by Crippen LogP contribution is 2.07. The van der Waals surface area contributed by atoms with E-state index in [-0.39, 0.29) is 10.4 Å². The highest BCUT2D eigenvalue weighted by atomic mass is 32.2. The van der Waals surface area contributed by atoms with E-state index in [4.69, 9.17) is 15.2 Å². The second kappa shape index (κ2) is 4.10. The molecular formula is C7H9BO5S. The predicted octanol–water partition coefficient (Wildman–Crippen LogP) is -1.91. The number of hydrogen-bond acceptors (Lipinski definition) is 5. The predicted molar refractivity (Wildman–Crippen MR) is 50.5 cm³/mol. The fourth-order valence-corrected chi connectivity index (χ4v) is 1.69. The minimum atomic E-state index is -3.72. The molecule has 0 aliphatic carbocycles. The molecule has 5 nitrogen and oxygen atoms in total. The Morgan fingerprint density at radius 3 is 2.43 bits per heavy atom. The maximum Gasteiger partial charge on any atom is 0.488 e. The third kappa shape index (κ3) is 2.33. The fraction of sp³-hybridized carbons (Fsp3) is 0.143. The first kappa shape index (κ1) is 11.2. The average Bonchev–Trinajstić information content (AvgIpc) is 2.18. The Balaban J connectivity index is 3.19. The first-order valence-corrected chi connectivity index (χ1v) is 5.42. The van der Waals surface area contributed by atoms with Gasteiger partial charge in [0.05, 0.1) is 4.90 Å². The van der Waals surface area contributed by atoms with Gasteiger partial charge in [-0.3, -0.25) is 0 Å². The van der Waals surface area contributed by atoms with E-state index in [2.05, 4.69) is 0 Å². The zero-order chi connectivity index (χ0) is 10.8. The van der Waals surface area contributed by atoms with Gasteiger partial charge in [0, 0.05) is 0 Å². The normalized spacial score (nSPS) is 11.4. The molecule has 0 aliphatic heterocycles. The molecule has 1 rings (SSSR count). The van der Waals surface area contributed by atoms with E-state index in [1.807, 2.05) is 0 Å². The van der Waals surface area contributed by atoms with E-state index in [0.29, 0.717) is 0 Å². The molecule has 0 bridgehead atoms. The van der Waals surface area contributed by atoms with Crippen LogP contribution in [0.25, 0.3) is 0 Å². The van der Waals surface area contributed by atoms with Crippen LogP contribution in [-0.4, -0.2) is 36.6 Å². The van der Waals surface area contributed by atoms with Crippen LogP contribution in [0.2, 0.25) is 0 Å². The summed E-state index contributed by atoms with van der Waals surface area (Å²) in [5.74, 6) is -1.00. The lowest BCUT2D eigenvalue weighted by atomic mass is 9.80. The quantitative estimate of drug-likeness (QED) is 0.512. The van der Waals surface area contributed by atoms with Gasteiger partial charge in [0.15, 0.2) is 0 Å². The molecule has 76 valence electrons. The summed E-state index contributed by atoms with van der Waals surface area (Å²) in [5, 5.41) is 26.1. The summed E-state index contributed by atoms with van der Waals surface area (Å²) in [6, 6.07) is 5.13. The molecule has 0 heterocycles. The highest BCUT2D eigenvalue weighted by Gasteiger charge is 2.16. The minimum absolute atomic E-state index is 0.0690. The van der Waals surface area contributed by atoms with Gasteiger partial charge in [-0.1, -0.05) is 12.1 Å². The van der Waals surface area contributed by atoms with Crippen LogP contribution in [0, 0.1) is 0 Å². The van der Waals surface area contributed by atoms with Crippen LogP contribution in [0.3, 0.4) is 0 Å². The van der Waals surface area contributed by atoms with Crippen molar-refractivity contribution in [1.82, 2.24) is 0 Å². The Morgan fingerprint density at radius 1 is 1.29 bits per heavy atom. The van der Waals surface area contributed by atoms with Crippen LogP contribution in [0.1, 0.15) is 0 Å². The van der Waals surface area contributed by atoms with Gasteiger partial charge in [0.1, 0.15) is 5.94 Å². The van der Waals surface area contributed by atoms with E-state index >= 15 is 0 Å². The van der Waals surface area contributed by atoms with Gasteiger partial charge in [0.2, 0.25) is 9.84 Å². The van der Waals surface area contributed by atoms with Crippen LogP contribution in [0.15, 0.2) is 29.2 Å². The van der Waals surface area contributed by atoms with Gasteiger partial charge in [-0.25, -0.2) is 8.42 Å². The summed E-state index contributed by atoms with van der Waals surface area (Å²) < 4.78 is 22.3. The van der Waals surface area contributed by atoms with Crippen molar-refractivity contribution in [1.29, 1.82) is 0 Å². The molecule has 14 heavy (non-hydrogen) atoms. The molecule has 0 saturated carbocycles. The van der Waals surface area contributed by atoms with Gasteiger partial charge in [-0.05, 0) is 17.6 Å². The van der Waals surface area contributed by atoms with E-state index in [9.17, 15) is 8.42 Å². The molecule has 1 aromatic carbocycles. The summed E-state index contributed by atoms with van der Waals surface area (Å²) in [5.41, 5.74) is 0.0690. The molecule has 1 aromatic rings. The molecule has 0 amide bonds. The summed E-state index contributed by atoms with van der Waals surface area (Å²) in [7, 11) is -5.44. The number of benzene rings is 1.